The minimum Gasteiger partial charge on any atom is -0.359 e. The average molecular weight is 352 g/mol. The molecule has 2 aromatic rings. The van der Waals surface area contributed by atoms with Crippen LogP contribution < -0.4 is 0 Å². The Balaban J connectivity index is 1.68. The van der Waals surface area contributed by atoms with E-state index in [0.29, 0.717) is 12.2 Å². The topological polar surface area (TPSA) is 87.6 Å². The molecule has 2 bridgehead atoms. The third kappa shape index (κ3) is 2.31. The van der Waals surface area contributed by atoms with E-state index >= 15 is 0 Å². The van der Waals surface area contributed by atoms with Crippen LogP contribution in [0.25, 0.3) is 4.85 Å². The van der Waals surface area contributed by atoms with Gasteiger partial charge in [0.1, 0.15) is 18.7 Å². The first-order chi connectivity index (χ1) is 12.7. The highest BCUT2D eigenvalue weighted by Gasteiger charge is 2.52. The van der Waals surface area contributed by atoms with Crippen molar-refractivity contribution >= 4 is 11.9 Å². The molecule has 1 saturated heterocycles. The Hall–Kier alpha value is -3.38. The number of aromatic nitrogens is 2. The van der Waals surface area contributed by atoms with E-state index in [9.17, 15) is 10.0 Å². The quantitative estimate of drug-likeness (QED) is 0.300. The zero-order chi connectivity index (χ0) is 18.3. The number of fused-ring (bicyclic) bond motifs is 4. The Morgan fingerprint density at radius 3 is 2.92 bits per heavy atom. The summed E-state index contributed by atoms with van der Waals surface area (Å²) in [6.45, 7) is 7.86. The van der Waals surface area contributed by atoms with Gasteiger partial charge in [-0.2, -0.15) is 10.2 Å². The number of oxime groups is 1. The lowest BCUT2D eigenvalue weighted by Gasteiger charge is -2.29. The number of amidine groups is 1. The van der Waals surface area contributed by atoms with Gasteiger partial charge in [0.25, 0.3) is 0 Å². The Morgan fingerprint density at radius 1 is 1.46 bits per heavy atom. The summed E-state index contributed by atoms with van der Waals surface area (Å²) in [6, 6.07) is 8.09. The van der Waals surface area contributed by atoms with Crippen LogP contribution in [0.2, 0.25) is 0 Å². The van der Waals surface area contributed by atoms with E-state index in [1.807, 2.05) is 30.3 Å². The van der Waals surface area contributed by atoms with Crippen molar-refractivity contribution in [3.05, 3.63) is 64.8 Å². The third-order valence-corrected chi connectivity index (χ3v) is 4.71. The van der Waals surface area contributed by atoms with Gasteiger partial charge in [0.2, 0.25) is 0 Å². The van der Waals surface area contributed by atoms with Gasteiger partial charge in [0, 0.05) is 19.2 Å². The average Bonchev–Trinajstić information content (AvgIpc) is 3.18. The molecule has 26 heavy (non-hydrogen) atoms. The first-order valence-corrected chi connectivity index (χ1v) is 8.03. The summed E-state index contributed by atoms with van der Waals surface area (Å²) in [5.41, 5.74) is 2.39. The maximum atomic E-state index is 12.9. The summed E-state index contributed by atoms with van der Waals surface area (Å²) in [7, 11) is 1.73. The predicted octanol–water partition coefficient (Wildman–Crippen LogP) is 2.09. The molecule has 0 aliphatic carbocycles. The number of carbonyl (C=O) groups excluding carboxylic acids is 1. The number of hydrogen-bond donors (Lipinski definition) is 1. The van der Waals surface area contributed by atoms with Crippen LogP contribution >= 0.6 is 0 Å². The number of urea groups is 1. The van der Waals surface area contributed by atoms with Gasteiger partial charge in [-0.05, 0) is 5.56 Å². The summed E-state index contributed by atoms with van der Waals surface area (Å²) in [6.07, 6.45) is 1.67. The van der Waals surface area contributed by atoms with Crippen molar-refractivity contribution in [2.75, 3.05) is 6.54 Å². The highest BCUT2D eigenvalue weighted by atomic mass is 16.7. The van der Waals surface area contributed by atoms with Gasteiger partial charge in [-0.25, -0.2) is 4.79 Å². The predicted molar refractivity (Wildman–Crippen MR) is 89.7 cm³/mol. The highest BCUT2D eigenvalue weighted by molar-refractivity contribution is 5.99. The number of nitrogens with zero attached hydrogens (tertiary/aromatic N) is 6. The number of carbonyl (C=O) groups is 1. The Kier molecular flexibility index (Phi) is 3.82. The van der Waals surface area contributed by atoms with E-state index in [1.165, 1.54) is 9.96 Å². The first-order valence-electron chi connectivity index (χ1n) is 8.03. The van der Waals surface area contributed by atoms with Crippen LogP contribution in [0.15, 0.2) is 41.7 Å². The van der Waals surface area contributed by atoms with Gasteiger partial charge in [-0.1, -0.05) is 36.9 Å². The third-order valence-electron chi connectivity index (χ3n) is 4.71. The number of hydrogen-bond acceptors (Lipinski definition) is 5. The van der Waals surface area contributed by atoms with Crippen molar-refractivity contribution in [1.29, 1.82) is 0 Å². The van der Waals surface area contributed by atoms with Gasteiger partial charge in [0.05, 0.1) is 17.0 Å². The SMILES string of the molecule is [C-]#[N+]/C(=N\O)[C@@H]1c2c(cnn2C)[C@@H]2CN1C(=O)N2OCc1ccccc1. The summed E-state index contributed by atoms with van der Waals surface area (Å²) < 4.78 is 1.60. The fourth-order valence-corrected chi connectivity index (χ4v) is 3.51. The van der Waals surface area contributed by atoms with E-state index in [4.69, 9.17) is 11.4 Å². The molecule has 3 heterocycles. The smallest absolute Gasteiger partial charge is 0.344 e. The number of benzene rings is 1. The molecular formula is C17H16N6O3. The Bertz CT molecular complexity index is 916. The van der Waals surface area contributed by atoms with Gasteiger partial charge < -0.3 is 15.0 Å². The van der Waals surface area contributed by atoms with Crippen molar-refractivity contribution in [3.8, 4) is 0 Å². The molecular weight excluding hydrogens is 336 g/mol. The van der Waals surface area contributed by atoms with Crippen molar-refractivity contribution in [3.63, 3.8) is 0 Å². The minimum absolute atomic E-state index is 0.174. The molecule has 2 aliphatic heterocycles. The van der Waals surface area contributed by atoms with Crippen LogP contribution in [-0.2, 0) is 18.5 Å². The van der Waals surface area contributed by atoms with Crippen molar-refractivity contribution in [2.45, 2.75) is 18.7 Å². The maximum absolute atomic E-state index is 12.9. The van der Waals surface area contributed by atoms with Crippen molar-refractivity contribution in [2.24, 2.45) is 12.2 Å². The standard InChI is InChI=1S/C17H16N6O3/c1-18-16(20-25)15-14-12(8-19-21(14)2)13-9-22(15)17(24)23(13)26-10-11-6-4-3-5-7-11/h3-8,13,15,25H,9-10H2,2H3/b20-16-/t13-,15-/m0/s1. The minimum atomic E-state index is -0.783. The normalized spacial score (nSPS) is 21.7. The maximum Gasteiger partial charge on any atom is 0.344 e. The van der Waals surface area contributed by atoms with Gasteiger partial charge in [-0.15, -0.1) is 0 Å². The largest absolute Gasteiger partial charge is 0.359 e. The molecule has 1 N–H and O–H groups in total. The molecule has 0 radical (unpaired) electrons. The molecule has 9 heteroatoms. The number of amides is 2. The van der Waals surface area contributed by atoms with Gasteiger partial charge >= 0.3 is 11.9 Å². The van der Waals surface area contributed by atoms with Crippen LogP contribution in [0, 0.1) is 6.57 Å². The van der Waals surface area contributed by atoms with Crippen molar-refractivity contribution in [1.82, 2.24) is 19.7 Å². The summed E-state index contributed by atoms with van der Waals surface area (Å²) in [4.78, 5) is 23.4. The molecule has 1 fully saturated rings. The fourth-order valence-electron chi connectivity index (χ4n) is 3.51. The first kappa shape index (κ1) is 16.1. The molecule has 1 aromatic carbocycles. The van der Waals surface area contributed by atoms with Crippen molar-refractivity contribution < 1.29 is 14.8 Å². The Morgan fingerprint density at radius 2 is 2.23 bits per heavy atom. The lowest BCUT2D eigenvalue weighted by Crippen LogP contribution is -2.38. The molecule has 2 atom stereocenters. The lowest BCUT2D eigenvalue weighted by molar-refractivity contribution is -0.141. The van der Waals surface area contributed by atoms with Gasteiger partial charge in [0.15, 0.2) is 0 Å². The lowest BCUT2D eigenvalue weighted by atomic mass is 9.97. The van der Waals surface area contributed by atoms with E-state index < -0.39 is 6.04 Å². The highest BCUT2D eigenvalue weighted by Crippen LogP contribution is 2.44. The fraction of sp³-hybridized carbons (Fsp3) is 0.294. The van der Waals surface area contributed by atoms with E-state index in [0.717, 1.165) is 11.1 Å². The second kappa shape index (κ2) is 6.16. The molecule has 0 unspecified atom stereocenters. The summed E-state index contributed by atoms with van der Waals surface area (Å²) in [5, 5.41) is 17.9. The number of hydroxylamine groups is 2. The molecule has 2 amide bonds. The number of aryl methyl sites for hydroxylation is 1. The number of rotatable bonds is 4. The van der Waals surface area contributed by atoms with E-state index in [1.54, 1.807) is 17.9 Å². The monoisotopic (exact) mass is 352 g/mol. The van der Waals surface area contributed by atoms with E-state index in [2.05, 4.69) is 15.1 Å². The zero-order valence-electron chi connectivity index (χ0n) is 14.0. The molecule has 0 spiro atoms. The summed E-state index contributed by atoms with van der Waals surface area (Å²) in [5.74, 6) is -0.174. The molecule has 1 aromatic heterocycles. The molecule has 2 aliphatic rings. The summed E-state index contributed by atoms with van der Waals surface area (Å²) >= 11 is 0. The van der Waals surface area contributed by atoms with Gasteiger partial charge in [-0.3, -0.25) is 9.52 Å². The second-order valence-corrected chi connectivity index (χ2v) is 6.12. The second-order valence-electron chi connectivity index (χ2n) is 6.12. The Labute approximate surface area is 149 Å². The van der Waals surface area contributed by atoms with Crippen LogP contribution in [0.5, 0.6) is 0 Å². The molecule has 0 saturated carbocycles. The van der Waals surface area contributed by atoms with Crippen LogP contribution in [0.3, 0.4) is 0 Å². The molecule has 9 nitrogen and oxygen atoms in total. The zero-order valence-corrected chi connectivity index (χ0v) is 14.0. The molecule has 4 rings (SSSR count). The van der Waals surface area contributed by atoms with Crippen LogP contribution in [0.1, 0.15) is 28.9 Å². The molecule has 132 valence electrons. The van der Waals surface area contributed by atoms with E-state index in [-0.39, 0.29) is 24.5 Å². The van der Waals surface area contributed by atoms with Crippen LogP contribution in [-0.4, -0.2) is 43.4 Å². The van der Waals surface area contributed by atoms with Crippen LogP contribution in [0.4, 0.5) is 4.79 Å².